The lowest BCUT2D eigenvalue weighted by Gasteiger charge is -2.39. The maximum atomic E-state index is 13.9. The summed E-state index contributed by atoms with van der Waals surface area (Å²) in [6.07, 6.45) is -1.67. The van der Waals surface area contributed by atoms with Gasteiger partial charge in [-0.05, 0) is 88.1 Å². The van der Waals surface area contributed by atoms with Crippen LogP contribution in [0.1, 0.15) is 94.6 Å². The fourth-order valence-corrected chi connectivity index (χ4v) is 4.44. The van der Waals surface area contributed by atoms with Crippen molar-refractivity contribution in [3.8, 4) is 0 Å². The van der Waals surface area contributed by atoms with Crippen LogP contribution in [-0.2, 0) is 44.7 Å². The Balaban J connectivity index is 2.55. The molecular weight excluding hydrogens is 530 g/mol. The first kappa shape index (κ1) is 34.1. The molecular formula is C31H47NO9. The zero-order valence-electron chi connectivity index (χ0n) is 26.4. The lowest BCUT2D eigenvalue weighted by atomic mass is 9.77. The lowest BCUT2D eigenvalue weighted by Crippen LogP contribution is -2.54. The summed E-state index contributed by atoms with van der Waals surface area (Å²) in [6.45, 7) is 18.4. The average molecular weight is 578 g/mol. The highest BCUT2D eigenvalue weighted by atomic mass is 16.6. The second-order valence-electron chi connectivity index (χ2n) is 13.9. The molecule has 0 spiro atoms. The van der Waals surface area contributed by atoms with Gasteiger partial charge in [0.15, 0.2) is 5.41 Å². The van der Waals surface area contributed by atoms with Crippen LogP contribution in [0.25, 0.3) is 0 Å². The summed E-state index contributed by atoms with van der Waals surface area (Å²) in [5.74, 6) is -2.69. The van der Waals surface area contributed by atoms with Crippen LogP contribution >= 0.6 is 0 Å². The summed E-state index contributed by atoms with van der Waals surface area (Å²) in [5, 5.41) is 0. The van der Waals surface area contributed by atoms with Gasteiger partial charge in [-0.1, -0.05) is 30.3 Å². The van der Waals surface area contributed by atoms with Crippen molar-refractivity contribution in [1.82, 2.24) is 4.90 Å². The highest BCUT2D eigenvalue weighted by Crippen LogP contribution is 2.41. The van der Waals surface area contributed by atoms with Gasteiger partial charge in [-0.2, -0.15) is 0 Å². The Labute approximate surface area is 244 Å². The number of amides is 1. The van der Waals surface area contributed by atoms with Crippen molar-refractivity contribution in [2.75, 3.05) is 6.61 Å². The van der Waals surface area contributed by atoms with E-state index in [0.29, 0.717) is 0 Å². The molecule has 1 fully saturated rings. The van der Waals surface area contributed by atoms with Crippen molar-refractivity contribution in [1.29, 1.82) is 0 Å². The lowest BCUT2D eigenvalue weighted by molar-refractivity contribution is -0.192. The molecule has 1 aromatic rings. The summed E-state index contributed by atoms with van der Waals surface area (Å²) in [6, 6.07) is 8.34. The number of esters is 3. The molecule has 1 heterocycles. The van der Waals surface area contributed by atoms with E-state index < -0.39 is 64.4 Å². The molecule has 1 aliphatic rings. The van der Waals surface area contributed by atoms with Crippen molar-refractivity contribution in [3.63, 3.8) is 0 Å². The molecule has 0 N–H and O–H groups in total. The van der Waals surface area contributed by atoms with Crippen LogP contribution in [0.5, 0.6) is 0 Å². The minimum Gasteiger partial charge on any atom is -0.460 e. The van der Waals surface area contributed by atoms with Crippen molar-refractivity contribution in [2.24, 2.45) is 5.41 Å². The Bertz CT molecular complexity index is 1060. The summed E-state index contributed by atoms with van der Waals surface area (Å²) < 4.78 is 28.5. The van der Waals surface area contributed by atoms with Crippen molar-refractivity contribution in [3.05, 3.63) is 35.9 Å². The zero-order chi connectivity index (χ0) is 31.4. The summed E-state index contributed by atoms with van der Waals surface area (Å²) in [4.78, 5) is 55.9. The predicted octanol–water partition coefficient (Wildman–Crippen LogP) is 5.55. The standard InChI is InChI=1S/C31H47NO9/c1-27(2,3)39-23(33)18-31(24(34)40-28(4,5)6,25(35)41-29(7,8)9)17-22-20-38-30(10,11)32(22)26(36)37-19-21-15-13-12-14-16-21/h12-16,22H,17-20H2,1-11H3/t22-/m0/s1. The minimum atomic E-state index is -2.14. The van der Waals surface area contributed by atoms with Gasteiger partial charge in [0, 0.05) is 0 Å². The third kappa shape index (κ3) is 10.0. The van der Waals surface area contributed by atoms with E-state index in [2.05, 4.69) is 0 Å². The SMILES string of the molecule is CC(C)(C)OC(=O)CC(C[C@H]1COC(C)(C)N1C(=O)OCc1ccccc1)(C(=O)OC(C)(C)C)C(=O)OC(C)(C)C. The first-order valence-electron chi connectivity index (χ1n) is 13.9. The van der Waals surface area contributed by atoms with Gasteiger partial charge in [-0.3, -0.25) is 19.3 Å². The van der Waals surface area contributed by atoms with Crippen molar-refractivity contribution < 1.29 is 42.9 Å². The number of ether oxygens (including phenoxy) is 5. The Morgan fingerprint density at radius 1 is 0.829 bits per heavy atom. The number of carbonyl (C=O) groups is 4. The second-order valence-corrected chi connectivity index (χ2v) is 13.9. The van der Waals surface area contributed by atoms with Crippen LogP contribution in [0.4, 0.5) is 4.79 Å². The van der Waals surface area contributed by atoms with Gasteiger partial charge in [0.1, 0.15) is 29.1 Å². The molecule has 1 amide bonds. The highest BCUT2D eigenvalue weighted by Gasteiger charge is 2.58. The second kappa shape index (κ2) is 12.4. The fourth-order valence-electron chi connectivity index (χ4n) is 4.44. The monoisotopic (exact) mass is 577 g/mol. The highest BCUT2D eigenvalue weighted by molar-refractivity contribution is 6.03. The Morgan fingerprint density at radius 3 is 1.78 bits per heavy atom. The first-order chi connectivity index (χ1) is 18.5. The Morgan fingerprint density at radius 2 is 1.32 bits per heavy atom. The van der Waals surface area contributed by atoms with Gasteiger partial charge < -0.3 is 23.7 Å². The van der Waals surface area contributed by atoms with Crippen molar-refractivity contribution in [2.45, 2.75) is 124 Å². The number of rotatable bonds is 8. The molecule has 41 heavy (non-hydrogen) atoms. The molecule has 0 radical (unpaired) electrons. The largest absolute Gasteiger partial charge is 0.460 e. The third-order valence-corrected chi connectivity index (χ3v) is 6.01. The van der Waals surface area contributed by atoms with E-state index in [1.165, 1.54) is 4.90 Å². The predicted molar refractivity (Wildman–Crippen MR) is 151 cm³/mol. The van der Waals surface area contributed by atoms with Gasteiger partial charge in [0.2, 0.25) is 0 Å². The molecule has 1 atom stereocenters. The van der Waals surface area contributed by atoms with Crippen molar-refractivity contribution >= 4 is 24.0 Å². The van der Waals surface area contributed by atoms with E-state index in [4.69, 9.17) is 23.7 Å². The van der Waals surface area contributed by atoms with Gasteiger partial charge in [-0.15, -0.1) is 0 Å². The quantitative estimate of drug-likeness (QED) is 0.223. The van der Waals surface area contributed by atoms with Gasteiger partial charge >= 0.3 is 24.0 Å². The zero-order valence-corrected chi connectivity index (χ0v) is 26.4. The molecule has 1 saturated heterocycles. The smallest absolute Gasteiger partial charge is 0.412 e. The molecule has 230 valence electrons. The number of benzene rings is 1. The molecule has 1 aromatic carbocycles. The molecule has 0 aromatic heterocycles. The number of hydrogen-bond donors (Lipinski definition) is 0. The normalized spacial score (nSPS) is 17.5. The molecule has 10 nitrogen and oxygen atoms in total. The molecule has 10 heteroatoms. The van der Waals surface area contributed by atoms with Crippen LogP contribution in [0.3, 0.4) is 0 Å². The third-order valence-electron chi connectivity index (χ3n) is 6.01. The van der Waals surface area contributed by atoms with Gasteiger partial charge in [-0.25, -0.2) is 4.79 Å². The number of carbonyl (C=O) groups excluding carboxylic acids is 4. The molecule has 0 unspecified atom stereocenters. The number of hydrogen-bond acceptors (Lipinski definition) is 9. The fraction of sp³-hybridized carbons (Fsp3) is 0.677. The summed E-state index contributed by atoms with van der Waals surface area (Å²) in [7, 11) is 0. The van der Waals surface area contributed by atoms with E-state index in [1.54, 1.807) is 76.2 Å². The summed E-state index contributed by atoms with van der Waals surface area (Å²) in [5.41, 5.74) is -5.34. The van der Waals surface area contributed by atoms with Crippen LogP contribution in [-0.4, -0.2) is 64.1 Å². The van der Waals surface area contributed by atoms with Crippen LogP contribution < -0.4 is 0 Å². The van der Waals surface area contributed by atoms with Crippen LogP contribution in [0.2, 0.25) is 0 Å². The van der Waals surface area contributed by atoms with E-state index in [-0.39, 0.29) is 19.6 Å². The molecule has 0 aliphatic carbocycles. The molecule has 2 rings (SSSR count). The van der Waals surface area contributed by atoms with Crippen LogP contribution in [0, 0.1) is 5.41 Å². The van der Waals surface area contributed by atoms with Gasteiger partial charge in [0.05, 0.1) is 19.1 Å². The molecule has 1 aliphatic heterocycles. The maximum Gasteiger partial charge on any atom is 0.412 e. The van der Waals surface area contributed by atoms with Crippen LogP contribution in [0.15, 0.2) is 30.3 Å². The summed E-state index contributed by atoms with van der Waals surface area (Å²) >= 11 is 0. The topological polar surface area (TPSA) is 118 Å². The first-order valence-corrected chi connectivity index (χ1v) is 13.9. The molecule has 0 saturated carbocycles. The Hall–Kier alpha value is -3.14. The molecule has 0 bridgehead atoms. The maximum absolute atomic E-state index is 13.9. The van der Waals surface area contributed by atoms with E-state index in [1.807, 2.05) is 30.3 Å². The van der Waals surface area contributed by atoms with E-state index >= 15 is 0 Å². The number of nitrogens with zero attached hydrogens (tertiary/aromatic N) is 1. The van der Waals surface area contributed by atoms with E-state index in [9.17, 15) is 19.2 Å². The van der Waals surface area contributed by atoms with Gasteiger partial charge in [0.25, 0.3) is 0 Å². The van der Waals surface area contributed by atoms with E-state index in [0.717, 1.165) is 5.56 Å². The average Bonchev–Trinajstić information content (AvgIpc) is 3.07. The minimum absolute atomic E-state index is 0.0140. The Kier molecular flexibility index (Phi) is 10.3.